The van der Waals surface area contributed by atoms with Crippen molar-refractivity contribution in [1.29, 1.82) is 0 Å². The van der Waals surface area contributed by atoms with Crippen molar-refractivity contribution in [3.05, 3.63) is 12.7 Å². The van der Waals surface area contributed by atoms with Crippen LogP contribution in [0.1, 0.15) is 6.42 Å². The number of aliphatic imine (C=N–C) groups is 1. The second-order valence-corrected chi connectivity index (χ2v) is 5.39. The van der Waals surface area contributed by atoms with E-state index in [1.54, 1.807) is 19.0 Å². The fourth-order valence-corrected chi connectivity index (χ4v) is 1.39. The predicted molar refractivity (Wildman–Crippen MR) is 53.6 cm³/mol. The van der Waals surface area contributed by atoms with Crippen LogP contribution in [0.4, 0.5) is 0 Å². The summed E-state index contributed by atoms with van der Waals surface area (Å²) in [6.07, 6.45) is 4.74. The van der Waals surface area contributed by atoms with Gasteiger partial charge in [0.15, 0.2) is 7.37 Å². The predicted octanol–water partition coefficient (Wildman–Crippen LogP) is 2.19. The number of hydrogen-bond donors (Lipinski definition) is 0. The molecule has 0 aliphatic rings. The Morgan fingerprint density at radius 2 is 2.33 bits per heavy atom. The fraction of sp³-hybridized carbons (Fsp3) is 0.625. The minimum Gasteiger partial charge on any atom is -0.332 e. The van der Waals surface area contributed by atoms with Crippen LogP contribution in [0.3, 0.4) is 0 Å². The Labute approximate surface area is 74.0 Å². The maximum atomic E-state index is 11.3. The molecular formula is C8H16NO2P. The molecule has 0 heterocycles. The van der Waals surface area contributed by atoms with Gasteiger partial charge < -0.3 is 4.52 Å². The zero-order valence-electron chi connectivity index (χ0n) is 7.69. The first-order valence-corrected chi connectivity index (χ1v) is 6.09. The molecule has 0 aromatic heterocycles. The Hall–Kier alpha value is -0.400. The Balaban J connectivity index is 3.55. The van der Waals surface area contributed by atoms with Crippen LogP contribution in [0.5, 0.6) is 0 Å². The van der Waals surface area contributed by atoms with Crippen LogP contribution in [0.2, 0.25) is 0 Å². The van der Waals surface area contributed by atoms with Gasteiger partial charge in [0, 0.05) is 19.9 Å². The van der Waals surface area contributed by atoms with Crippen LogP contribution in [0.15, 0.2) is 17.6 Å². The van der Waals surface area contributed by atoms with Crippen molar-refractivity contribution in [3.8, 4) is 0 Å². The summed E-state index contributed by atoms with van der Waals surface area (Å²) in [5.74, 6) is 0. The molecule has 0 fully saturated rings. The second kappa shape index (κ2) is 6.15. The normalized spacial score (nSPS) is 16.2. The van der Waals surface area contributed by atoms with Crippen molar-refractivity contribution in [1.82, 2.24) is 0 Å². The SMILES string of the molecule is C=CCN=CCCP(C)(=O)OC. The molecule has 0 aliphatic carbocycles. The molecule has 12 heavy (non-hydrogen) atoms. The van der Waals surface area contributed by atoms with Gasteiger partial charge in [-0.05, 0) is 12.6 Å². The summed E-state index contributed by atoms with van der Waals surface area (Å²) in [7, 11) is -0.865. The molecule has 0 radical (unpaired) electrons. The van der Waals surface area contributed by atoms with Crippen molar-refractivity contribution in [2.75, 3.05) is 26.5 Å². The molecule has 1 unspecified atom stereocenters. The Morgan fingerprint density at radius 1 is 1.67 bits per heavy atom. The zero-order valence-corrected chi connectivity index (χ0v) is 8.59. The molecule has 0 N–H and O–H groups in total. The lowest BCUT2D eigenvalue weighted by Crippen LogP contribution is -1.91. The van der Waals surface area contributed by atoms with Gasteiger partial charge in [-0.3, -0.25) is 9.56 Å². The first-order valence-electron chi connectivity index (χ1n) is 3.84. The van der Waals surface area contributed by atoms with Crippen LogP contribution in [0.25, 0.3) is 0 Å². The highest BCUT2D eigenvalue weighted by molar-refractivity contribution is 7.58. The van der Waals surface area contributed by atoms with Gasteiger partial charge in [-0.1, -0.05) is 6.08 Å². The van der Waals surface area contributed by atoms with E-state index in [0.29, 0.717) is 19.1 Å². The summed E-state index contributed by atoms with van der Waals surface area (Å²) in [4.78, 5) is 4.01. The second-order valence-electron chi connectivity index (χ2n) is 2.55. The van der Waals surface area contributed by atoms with Crippen LogP contribution in [0, 0.1) is 0 Å². The molecule has 70 valence electrons. The summed E-state index contributed by atoms with van der Waals surface area (Å²) >= 11 is 0. The monoisotopic (exact) mass is 189 g/mol. The quantitative estimate of drug-likeness (QED) is 0.365. The highest BCUT2D eigenvalue weighted by atomic mass is 31.2. The smallest absolute Gasteiger partial charge is 0.200 e. The summed E-state index contributed by atoms with van der Waals surface area (Å²) < 4.78 is 16.1. The van der Waals surface area contributed by atoms with E-state index >= 15 is 0 Å². The topological polar surface area (TPSA) is 38.7 Å². The Morgan fingerprint density at radius 3 is 2.83 bits per heavy atom. The molecule has 0 aromatic carbocycles. The largest absolute Gasteiger partial charge is 0.332 e. The molecule has 0 aliphatic heterocycles. The van der Waals surface area contributed by atoms with Gasteiger partial charge in [-0.15, -0.1) is 6.58 Å². The van der Waals surface area contributed by atoms with Crippen molar-refractivity contribution >= 4 is 13.6 Å². The van der Waals surface area contributed by atoms with Crippen molar-refractivity contribution in [3.63, 3.8) is 0 Å². The maximum Gasteiger partial charge on any atom is 0.200 e. The molecular weight excluding hydrogens is 173 g/mol. The summed E-state index contributed by atoms with van der Waals surface area (Å²) in [6, 6.07) is 0. The minimum absolute atomic E-state index is 0.560. The van der Waals surface area contributed by atoms with E-state index in [0.717, 1.165) is 0 Å². The van der Waals surface area contributed by atoms with Gasteiger partial charge in [0.1, 0.15) is 0 Å². The lowest BCUT2D eigenvalue weighted by molar-refractivity contribution is 0.399. The van der Waals surface area contributed by atoms with Gasteiger partial charge in [0.2, 0.25) is 0 Å². The van der Waals surface area contributed by atoms with Crippen molar-refractivity contribution < 1.29 is 9.09 Å². The van der Waals surface area contributed by atoms with E-state index in [-0.39, 0.29) is 0 Å². The summed E-state index contributed by atoms with van der Waals surface area (Å²) in [5, 5.41) is 0. The average molecular weight is 189 g/mol. The third-order valence-electron chi connectivity index (χ3n) is 1.41. The number of rotatable bonds is 6. The van der Waals surface area contributed by atoms with E-state index in [4.69, 9.17) is 4.52 Å². The minimum atomic E-state index is -2.34. The van der Waals surface area contributed by atoms with E-state index in [2.05, 4.69) is 11.6 Å². The van der Waals surface area contributed by atoms with E-state index in [9.17, 15) is 4.57 Å². The maximum absolute atomic E-state index is 11.3. The van der Waals surface area contributed by atoms with Crippen molar-refractivity contribution in [2.45, 2.75) is 6.42 Å². The van der Waals surface area contributed by atoms with Crippen LogP contribution in [-0.2, 0) is 9.09 Å². The lowest BCUT2D eigenvalue weighted by Gasteiger charge is -2.07. The van der Waals surface area contributed by atoms with E-state index in [1.807, 2.05) is 0 Å². The molecule has 0 saturated heterocycles. The average Bonchev–Trinajstić information content (AvgIpc) is 2.04. The van der Waals surface area contributed by atoms with E-state index < -0.39 is 7.37 Å². The van der Waals surface area contributed by atoms with Gasteiger partial charge in [-0.2, -0.15) is 0 Å². The lowest BCUT2D eigenvalue weighted by atomic mass is 10.5. The molecule has 0 aromatic rings. The first kappa shape index (κ1) is 11.6. The fourth-order valence-electron chi connectivity index (χ4n) is 0.624. The molecule has 1 atom stereocenters. The standard InChI is InChI=1S/C8H16NO2P/c1-4-6-9-7-5-8-12(3,10)11-2/h4,7H,1,5-6,8H2,2-3H3. The van der Waals surface area contributed by atoms with Gasteiger partial charge in [0.05, 0.1) is 6.54 Å². The Kier molecular flexibility index (Phi) is 5.95. The molecule has 0 rings (SSSR count). The number of nitrogens with zero attached hydrogens (tertiary/aromatic N) is 1. The molecule has 0 spiro atoms. The highest BCUT2D eigenvalue weighted by Crippen LogP contribution is 2.41. The summed E-state index contributed by atoms with van der Waals surface area (Å²) in [6.45, 7) is 5.79. The van der Waals surface area contributed by atoms with Crippen molar-refractivity contribution in [2.24, 2.45) is 4.99 Å². The van der Waals surface area contributed by atoms with Gasteiger partial charge in [-0.25, -0.2) is 0 Å². The molecule has 0 saturated carbocycles. The first-order chi connectivity index (χ1) is 5.62. The van der Waals surface area contributed by atoms with Crippen LogP contribution < -0.4 is 0 Å². The van der Waals surface area contributed by atoms with Crippen LogP contribution in [-0.4, -0.2) is 32.7 Å². The number of hydrogen-bond acceptors (Lipinski definition) is 3. The van der Waals surface area contributed by atoms with Gasteiger partial charge >= 0.3 is 0 Å². The molecule has 0 bridgehead atoms. The molecule has 4 heteroatoms. The van der Waals surface area contributed by atoms with Crippen LogP contribution >= 0.6 is 7.37 Å². The highest BCUT2D eigenvalue weighted by Gasteiger charge is 2.10. The van der Waals surface area contributed by atoms with Gasteiger partial charge in [0.25, 0.3) is 0 Å². The third kappa shape index (κ3) is 6.32. The van der Waals surface area contributed by atoms with E-state index in [1.165, 1.54) is 7.11 Å². The Bertz CT molecular complexity index is 201. The molecule has 3 nitrogen and oxygen atoms in total. The third-order valence-corrected chi connectivity index (χ3v) is 3.26. The summed E-state index contributed by atoms with van der Waals surface area (Å²) in [5.41, 5.74) is 0. The molecule has 0 amide bonds. The zero-order chi connectivity index (χ0) is 9.45.